The smallest absolute Gasteiger partial charge is 0.252 e. The molecule has 0 radical (unpaired) electrons. The Bertz CT molecular complexity index is 1230. The molecule has 2 aromatic carbocycles. The Labute approximate surface area is 131 Å². The van der Waals surface area contributed by atoms with Crippen LogP contribution in [-0.4, -0.2) is 9.38 Å². The zero-order valence-electron chi connectivity index (χ0n) is 12.2. The molecule has 5 aromatic rings. The van der Waals surface area contributed by atoms with Crippen molar-refractivity contribution in [2.45, 2.75) is 0 Å². The number of para-hydroxylation sites is 2. The van der Waals surface area contributed by atoms with Crippen LogP contribution >= 0.6 is 0 Å². The van der Waals surface area contributed by atoms with Gasteiger partial charge in [-0.15, -0.1) is 0 Å². The van der Waals surface area contributed by atoms with E-state index in [2.05, 4.69) is 4.98 Å². The van der Waals surface area contributed by atoms with Crippen LogP contribution in [0.25, 0.3) is 32.9 Å². The lowest BCUT2D eigenvalue weighted by Crippen LogP contribution is -2.50. The van der Waals surface area contributed by atoms with Gasteiger partial charge < -0.3 is 0 Å². The molecule has 23 heavy (non-hydrogen) atoms. The monoisotopic (exact) mass is 298 g/mol. The van der Waals surface area contributed by atoms with Gasteiger partial charge in [-0.3, -0.25) is 4.98 Å². The molecule has 0 aliphatic heterocycles. The molecule has 0 saturated heterocycles. The third-order valence-corrected chi connectivity index (χ3v) is 4.29. The molecule has 0 bridgehead atoms. The van der Waals surface area contributed by atoms with Gasteiger partial charge in [-0.2, -0.15) is 13.8 Å². The molecule has 0 spiro atoms. The van der Waals surface area contributed by atoms with Gasteiger partial charge in [0, 0.05) is 17.0 Å². The maximum atomic E-state index is 12.9. The minimum absolute atomic E-state index is 0.0862. The minimum atomic E-state index is -0.0862. The summed E-state index contributed by atoms with van der Waals surface area (Å²) in [5, 5.41) is 3.12. The predicted molar refractivity (Wildman–Crippen MR) is 89.2 cm³/mol. The van der Waals surface area contributed by atoms with Crippen LogP contribution < -0.4 is 10.3 Å². The summed E-state index contributed by atoms with van der Waals surface area (Å²) in [6.45, 7) is 0. The first kappa shape index (κ1) is 12.3. The highest BCUT2D eigenvalue weighted by Gasteiger charge is 2.19. The van der Waals surface area contributed by atoms with Crippen molar-refractivity contribution in [2.24, 2.45) is 0 Å². The molecule has 0 N–H and O–H groups in total. The highest BCUT2D eigenvalue weighted by atomic mass is 16.1. The average molecular weight is 298 g/mol. The first-order valence-corrected chi connectivity index (χ1v) is 7.45. The first-order chi connectivity index (χ1) is 11.3. The molecule has 0 atom stereocenters. The van der Waals surface area contributed by atoms with Gasteiger partial charge in [0.15, 0.2) is 11.2 Å². The van der Waals surface area contributed by atoms with Gasteiger partial charge in [-0.1, -0.05) is 30.3 Å². The topological polar surface area (TPSA) is 38.2 Å². The van der Waals surface area contributed by atoms with Crippen molar-refractivity contribution in [3.8, 4) is 5.69 Å². The van der Waals surface area contributed by atoms with E-state index < -0.39 is 0 Å². The third kappa shape index (κ3) is 1.63. The Morgan fingerprint density at radius 2 is 1.65 bits per heavy atom. The second-order valence-corrected chi connectivity index (χ2v) is 5.60. The van der Waals surface area contributed by atoms with E-state index in [9.17, 15) is 4.79 Å². The van der Waals surface area contributed by atoms with Crippen molar-refractivity contribution >= 4 is 27.2 Å². The number of aromatic nitrogens is 3. The van der Waals surface area contributed by atoms with Crippen LogP contribution in [0.2, 0.25) is 0 Å². The zero-order chi connectivity index (χ0) is 15.4. The number of fused-ring (bicyclic) bond motifs is 1. The number of hydrogen-bond donors (Lipinski definition) is 0. The van der Waals surface area contributed by atoms with Gasteiger partial charge in [0.2, 0.25) is 0 Å². The van der Waals surface area contributed by atoms with Gasteiger partial charge in [-0.05, 0) is 24.3 Å². The van der Waals surface area contributed by atoms with Crippen molar-refractivity contribution in [1.82, 2.24) is 9.38 Å². The highest BCUT2D eigenvalue weighted by molar-refractivity contribution is 5.95. The molecule has 0 amide bonds. The summed E-state index contributed by atoms with van der Waals surface area (Å²) in [5.41, 5.74) is 2.49. The second-order valence-electron chi connectivity index (χ2n) is 5.60. The largest absolute Gasteiger partial charge is 0.508 e. The summed E-state index contributed by atoms with van der Waals surface area (Å²) in [6.07, 6.45) is 5.48. The van der Waals surface area contributed by atoms with Crippen LogP contribution in [0.3, 0.4) is 0 Å². The van der Waals surface area contributed by atoms with E-state index in [-0.39, 0.29) is 5.69 Å². The van der Waals surface area contributed by atoms with Crippen LogP contribution in [0.1, 0.15) is 0 Å². The minimum Gasteiger partial charge on any atom is -0.252 e. The lowest BCUT2D eigenvalue weighted by atomic mass is 10.1. The third-order valence-electron chi connectivity index (χ3n) is 4.29. The Hall–Kier alpha value is -3.27. The average Bonchev–Trinajstić information content (AvgIpc) is 3.03. The molecule has 4 nitrogen and oxygen atoms in total. The summed E-state index contributed by atoms with van der Waals surface area (Å²) in [6, 6.07) is 17.8. The number of hydrogen-bond acceptors (Lipinski definition) is 2. The van der Waals surface area contributed by atoms with Crippen molar-refractivity contribution in [2.75, 3.05) is 0 Å². The van der Waals surface area contributed by atoms with Crippen LogP contribution in [0.15, 0.2) is 78.0 Å². The maximum absolute atomic E-state index is 12.9. The fourth-order valence-corrected chi connectivity index (χ4v) is 3.25. The van der Waals surface area contributed by atoms with Gasteiger partial charge in [0.1, 0.15) is 17.9 Å². The van der Waals surface area contributed by atoms with Crippen LogP contribution in [0.4, 0.5) is 0 Å². The van der Waals surface area contributed by atoms with Gasteiger partial charge in [0.25, 0.3) is 0 Å². The van der Waals surface area contributed by atoms with E-state index in [1.807, 2.05) is 67.0 Å². The Balaban J connectivity index is 1.96. The number of pyridine rings is 1. The number of rotatable bonds is 1. The fraction of sp³-hybridized carbons (Fsp3) is 0. The molecule has 0 saturated carbocycles. The van der Waals surface area contributed by atoms with Crippen LogP contribution in [0, 0.1) is 0 Å². The quantitative estimate of drug-likeness (QED) is 0.446. The van der Waals surface area contributed by atoms with E-state index in [1.54, 1.807) is 15.2 Å². The molecule has 5 rings (SSSR count). The van der Waals surface area contributed by atoms with Crippen molar-refractivity contribution in [3.05, 3.63) is 83.7 Å². The van der Waals surface area contributed by atoms with Crippen molar-refractivity contribution < 1.29 is 4.57 Å². The highest BCUT2D eigenvalue weighted by Crippen LogP contribution is 2.20. The Kier molecular flexibility index (Phi) is 2.33. The molecule has 4 heteroatoms. The van der Waals surface area contributed by atoms with Gasteiger partial charge >= 0.3 is 5.69 Å². The summed E-state index contributed by atoms with van der Waals surface area (Å²) in [7, 11) is 0. The van der Waals surface area contributed by atoms with Crippen molar-refractivity contribution in [1.29, 1.82) is 0 Å². The van der Waals surface area contributed by atoms with E-state index in [0.29, 0.717) is 0 Å². The molecular formula is C19H12N3O+. The summed E-state index contributed by atoms with van der Waals surface area (Å²) < 4.78 is 3.38. The van der Waals surface area contributed by atoms with E-state index in [4.69, 9.17) is 0 Å². The predicted octanol–water partition coefficient (Wildman–Crippen LogP) is 2.72. The first-order valence-electron chi connectivity index (χ1n) is 7.45. The second kappa shape index (κ2) is 4.36. The van der Waals surface area contributed by atoms with Crippen molar-refractivity contribution in [3.63, 3.8) is 0 Å². The molecule has 108 valence electrons. The fourth-order valence-electron chi connectivity index (χ4n) is 3.25. The molecule has 0 aliphatic carbocycles. The summed E-state index contributed by atoms with van der Waals surface area (Å²) in [4.78, 5) is 17.4. The van der Waals surface area contributed by atoms with Gasteiger partial charge in [0.05, 0.1) is 5.39 Å². The van der Waals surface area contributed by atoms with Crippen LogP contribution in [0.5, 0.6) is 0 Å². The Morgan fingerprint density at radius 1 is 0.870 bits per heavy atom. The lowest BCUT2D eigenvalue weighted by molar-refractivity contribution is -0.612. The van der Waals surface area contributed by atoms with E-state index in [0.717, 1.165) is 32.9 Å². The SMILES string of the molecule is O=c1n2ccc3cccc(c[n+]1-c1cccc4cccnc14)c32. The molecule has 0 fully saturated rings. The number of benzene rings is 2. The molecule has 0 unspecified atom stereocenters. The molecule has 0 aliphatic rings. The molecule has 3 heterocycles. The Morgan fingerprint density at radius 3 is 2.61 bits per heavy atom. The van der Waals surface area contributed by atoms with E-state index in [1.165, 1.54) is 0 Å². The maximum Gasteiger partial charge on any atom is 0.508 e. The summed E-state index contributed by atoms with van der Waals surface area (Å²) >= 11 is 0. The van der Waals surface area contributed by atoms with E-state index >= 15 is 0 Å². The standard InChI is InChI=1S/C19H12N3O/c23-19-21-11-9-14-5-1-6-15(18(14)21)12-22(19)16-8-2-4-13-7-3-10-20-17(13)16/h1-12H/q+1. The molecular weight excluding hydrogens is 286 g/mol. The number of nitrogens with zero attached hydrogens (tertiary/aromatic N) is 3. The normalized spacial score (nSPS) is 11.7. The summed E-state index contributed by atoms with van der Waals surface area (Å²) in [5.74, 6) is 0. The zero-order valence-corrected chi connectivity index (χ0v) is 12.2. The van der Waals surface area contributed by atoms with Crippen LogP contribution in [-0.2, 0) is 0 Å². The lowest BCUT2D eigenvalue weighted by Gasteiger charge is -2.04. The van der Waals surface area contributed by atoms with Gasteiger partial charge in [-0.25, -0.2) is 0 Å². The molecule has 3 aromatic heterocycles.